The fourth-order valence-electron chi connectivity index (χ4n) is 2.39. The summed E-state index contributed by atoms with van der Waals surface area (Å²) >= 11 is 0. The molecule has 0 amide bonds. The normalized spacial score (nSPS) is 24.3. The van der Waals surface area contributed by atoms with E-state index in [4.69, 9.17) is 4.74 Å². The van der Waals surface area contributed by atoms with Gasteiger partial charge in [-0.1, -0.05) is 6.92 Å². The third-order valence-corrected chi connectivity index (χ3v) is 3.57. The minimum absolute atomic E-state index is 0.110. The highest BCUT2D eigenvalue weighted by atomic mass is 16.5. The van der Waals surface area contributed by atoms with E-state index in [1.807, 2.05) is 10.9 Å². The molecule has 4 nitrogen and oxygen atoms in total. The van der Waals surface area contributed by atoms with Crippen LogP contribution in [0.15, 0.2) is 12.4 Å². The zero-order chi connectivity index (χ0) is 13.2. The van der Waals surface area contributed by atoms with E-state index in [2.05, 4.69) is 43.9 Å². The van der Waals surface area contributed by atoms with Crippen molar-refractivity contribution in [1.82, 2.24) is 14.7 Å². The molecule has 0 saturated carbocycles. The third kappa shape index (κ3) is 3.12. The van der Waals surface area contributed by atoms with Gasteiger partial charge in [-0.15, -0.1) is 0 Å². The lowest BCUT2D eigenvalue weighted by atomic mass is 10.0. The minimum Gasteiger partial charge on any atom is -0.375 e. The second-order valence-electron chi connectivity index (χ2n) is 5.93. The summed E-state index contributed by atoms with van der Waals surface area (Å²) in [5.74, 6) is 0. The van der Waals surface area contributed by atoms with Crippen molar-refractivity contribution in [2.24, 2.45) is 0 Å². The average Bonchev–Trinajstić information content (AvgIpc) is 2.72. The van der Waals surface area contributed by atoms with Crippen molar-refractivity contribution in [2.45, 2.75) is 58.8 Å². The Hall–Kier alpha value is -0.870. The molecule has 0 spiro atoms. The van der Waals surface area contributed by atoms with Gasteiger partial charge in [0.1, 0.15) is 0 Å². The maximum atomic E-state index is 5.74. The van der Waals surface area contributed by atoms with Gasteiger partial charge in [-0.25, -0.2) is 0 Å². The van der Waals surface area contributed by atoms with Gasteiger partial charge in [0.15, 0.2) is 0 Å². The summed E-state index contributed by atoms with van der Waals surface area (Å²) in [6.45, 7) is 12.6. The van der Waals surface area contributed by atoms with Gasteiger partial charge in [0.2, 0.25) is 0 Å². The molecule has 1 atom stereocenters. The number of hydrogen-bond donors (Lipinski definition) is 0. The van der Waals surface area contributed by atoms with Crippen LogP contribution >= 0.6 is 0 Å². The number of rotatable bonds is 4. The third-order valence-electron chi connectivity index (χ3n) is 3.57. The molecule has 1 aliphatic heterocycles. The first-order valence-electron chi connectivity index (χ1n) is 6.89. The molecule has 0 N–H and O–H groups in total. The van der Waals surface area contributed by atoms with Gasteiger partial charge >= 0.3 is 0 Å². The van der Waals surface area contributed by atoms with Gasteiger partial charge < -0.3 is 4.74 Å². The molecule has 0 radical (unpaired) electrons. The van der Waals surface area contributed by atoms with Gasteiger partial charge in [-0.05, 0) is 27.2 Å². The summed E-state index contributed by atoms with van der Waals surface area (Å²) in [4.78, 5) is 2.49. The monoisotopic (exact) mass is 251 g/mol. The van der Waals surface area contributed by atoms with Crippen molar-refractivity contribution < 1.29 is 4.74 Å². The number of nitrogens with zero attached hydrogens (tertiary/aromatic N) is 3. The minimum atomic E-state index is 0.110. The number of ether oxygens (including phenoxy) is 1. The molecule has 0 aromatic carbocycles. The molecule has 1 aliphatic rings. The topological polar surface area (TPSA) is 30.3 Å². The van der Waals surface area contributed by atoms with Crippen LogP contribution in [0.4, 0.5) is 0 Å². The van der Waals surface area contributed by atoms with Crippen molar-refractivity contribution in [3.63, 3.8) is 0 Å². The van der Waals surface area contributed by atoms with Gasteiger partial charge in [0.25, 0.3) is 0 Å². The number of hydrogen-bond acceptors (Lipinski definition) is 3. The summed E-state index contributed by atoms with van der Waals surface area (Å²) in [5, 5.41) is 4.40. The molecular weight excluding hydrogens is 226 g/mol. The van der Waals surface area contributed by atoms with Gasteiger partial charge in [0.05, 0.1) is 18.9 Å². The van der Waals surface area contributed by atoms with Crippen molar-refractivity contribution in [3.8, 4) is 0 Å². The van der Waals surface area contributed by atoms with Gasteiger partial charge in [0, 0.05) is 36.9 Å². The molecule has 1 fully saturated rings. The Kier molecular flexibility index (Phi) is 4.07. The Morgan fingerprint density at radius 3 is 3.00 bits per heavy atom. The molecule has 102 valence electrons. The maximum absolute atomic E-state index is 5.74. The summed E-state index contributed by atoms with van der Waals surface area (Å²) in [6, 6.07) is 0. The fraction of sp³-hybridized carbons (Fsp3) is 0.786. The summed E-state index contributed by atoms with van der Waals surface area (Å²) in [7, 11) is 0. The van der Waals surface area contributed by atoms with E-state index in [9.17, 15) is 0 Å². The molecule has 2 rings (SSSR count). The van der Waals surface area contributed by atoms with Crippen LogP contribution in [0.25, 0.3) is 0 Å². The zero-order valence-electron chi connectivity index (χ0n) is 12.0. The maximum Gasteiger partial charge on any atom is 0.0675 e. The zero-order valence-corrected chi connectivity index (χ0v) is 12.0. The van der Waals surface area contributed by atoms with Crippen LogP contribution in [0.3, 0.4) is 0 Å². The molecular formula is C14H25N3O. The molecule has 0 aliphatic carbocycles. The molecule has 4 heteroatoms. The van der Waals surface area contributed by atoms with Crippen LogP contribution in [0, 0.1) is 0 Å². The SMILES string of the molecule is CCCn1cc(CN2C[C@@H](C)OCC2(C)C)cn1. The van der Waals surface area contributed by atoms with E-state index < -0.39 is 0 Å². The number of aryl methyl sites for hydroxylation is 1. The van der Waals surface area contributed by atoms with E-state index >= 15 is 0 Å². The summed E-state index contributed by atoms with van der Waals surface area (Å²) in [6.07, 6.45) is 5.61. The van der Waals surface area contributed by atoms with Crippen molar-refractivity contribution in [3.05, 3.63) is 18.0 Å². The van der Waals surface area contributed by atoms with Crippen molar-refractivity contribution in [2.75, 3.05) is 13.2 Å². The molecule has 0 bridgehead atoms. The predicted octanol–water partition coefficient (Wildman–Crippen LogP) is 2.29. The number of morpholine rings is 1. The summed E-state index contributed by atoms with van der Waals surface area (Å²) in [5.41, 5.74) is 1.41. The van der Waals surface area contributed by atoms with E-state index in [1.165, 1.54) is 5.56 Å². The molecule has 2 heterocycles. The average molecular weight is 251 g/mol. The van der Waals surface area contributed by atoms with Crippen LogP contribution in [-0.4, -0.2) is 39.5 Å². The highest BCUT2D eigenvalue weighted by molar-refractivity contribution is 5.05. The first kappa shape index (κ1) is 13.6. The Bertz CT molecular complexity index is 386. The smallest absolute Gasteiger partial charge is 0.0675 e. The highest BCUT2D eigenvalue weighted by Crippen LogP contribution is 2.24. The molecule has 1 saturated heterocycles. The first-order chi connectivity index (χ1) is 8.51. The fourth-order valence-corrected chi connectivity index (χ4v) is 2.39. The lowest BCUT2D eigenvalue weighted by Gasteiger charge is -2.44. The van der Waals surface area contributed by atoms with Crippen molar-refractivity contribution >= 4 is 0 Å². The Balaban J connectivity index is 2.01. The quantitative estimate of drug-likeness (QED) is 0.822. The molecule has 18 heavy (non-hydrogen) atoms. The number of aromatic nitrogens is 2. The van der Waals surface area contributed by atoms with Crippen LogP contribution < -0.4 is 0 Å². The lowest BCUT2D eigenvalue weighted by Crippen LogP contribution is -2.54. The van der Waals surface area contributed by atoms with Crippen LogP contribution in [0.2, 0.25) is 0 Å². The highest BCUT2D eigenvalue weighted by Gasteiger charge is 2.33. The van der Waals surface area contributed by atoms with Crippen LogP contribution in [0.1, 0.15) is 39.7 Å². The molecule has 1 aromatic heterocycles. The van der Waals surface area contributed by atoms with E-state index in [0.717, 1.165) is 32.7 Å². The molecule has 1 aromatic rings. The van der Waals surface area contributed by atoms with Crippen LogP contribution in [-0.2, 0) is 17.8 Å². The first-order valence-corrected chi connectivity index (χ1v) is 6.89. The summed E-state index contributed by atoms with van der Waals surface area (Å²) < 4.78 is 7.78. The lowest BCUT2D eigenvalue weighted by molar-refractivity contribution is -0.0949. The van der Waals surface area contributed by atoms with Gasteiger partial charge in [-0.2, -0.15) is 5.10 Å². The van der Waals surface area contributed by atoms with E-state index in [0.29, 0.717) is 6.10 Å². The largest absolute Gasteiger partial charge is 0.375 e. The Morgan fingerprint density at radius 2 is 2.28 bits per heavy atom. The standard InChI is InChI=1S/C14H25N3O/c1-5-6-17-10-13(7-15-17)9-16-8-12(2)18-11-14(16,3)4/h7,10,12H,5-6,8-9,11H2,1-4H3/t12-/m1/s1. The van der Waals surface area contributed by atoms with Gasteiger partial charge in [-0.3, -0.25) is 9.58 Å². The van der Waals surface area contributed by atoms with E-state index in [1.54, 1.807) is 0 Å². The van der Waals surface area contributed by atoms with Crippen LogP contribution in [0.5, 0.6) is 0 Å². The second kappa shape index (κ2) is 5.41. The Labute approximate surface area is 110 Å². The Morgan fingerprint density at radius 1 is 1.50 bits per heavy atom. The molecule has 0 unspecified atom stereocenters. The van der Waals surface area contributed by atoms with Crippen molar-refractivity contribution in [1.29, 1.82) is 0 Å². The predicted molar refractivity (Wildman–Crippen MR) is 72.4 cm³/mol. The second-order valence-corrected chi connectivity index (χ2v) is 5.93. The van der Waals surface area contributed by atoms with E-state index in [-0.39, 0.29) is 5.54 Å².